The number of carboxylic acid groups (broad SMARTS) is 2. The van der Waals surface area contributed by atoms with Crippen molar-refractivity contribution in [2.45, 2.75) is 50.6 Å². The zero-order valence-electron chi connectivity index (χ0n) is 20.0. The summed E-state index contributed by atoms with van der Waals surface area (Å²) in [6.07, 6.45) is -3.06. The van der Waals surface area contributed by atoms with Crippen molar-refractivity contribution in [1.29, 1.82) is 0 Å². The number of anilines is 2. The molecular weight excluding hydrogens is 501 g/mol. The van der Waals surface area contributed by atoms with Gasteiger partial charge in [-0.15, -0.1) is 0 Å². The van der Waals surface area contributed by atoms with E-state index in [-0.39, 0.29) is 16.1 Å². The van der Waals surface area contributed by atoms with Gasteiger partial charge in [0.1, 0.15) is 0 Å². The standard InChI is InChI=1S/C22H28N2O4S.C2HF3O2/c1-15(2)17-4-7-19(8-5-17)29(27,28)23-18-6-9-21(20(14-18)22(25)26)24-12-10-16(3)11-13-24;3-2(4,5)1(6)7/h4-9,14-16,23H,10-13H2,1-3H3,(H,25,26);(H,6,7). The molecule has 0 bridgehead atoms. The topological polar surface area (TPSA) is 124 Å². The second kappa shape index (κ2) is 11.6. The number of aromatic carboxylic acids is 1. The average molecular weight is 531 g/mol. The maximum absolute atomic E-state index is 12.7. The molecule has 1 fully saturated rings. The minimum Gasteiger partial charge on any atom is -0.478 e. The number of halogens is 3. The summed E-state index contributed by atoms with van der Waals surface area (Å²) < 4.78 is 59.7. The van der Waals surface area contributed by atoms with E-state index < -0.39 is 28.1 Å². The fourth-order valence-corrected chi connectivity index (χ4v) is 4.59. The number of alkyl halides is 3. The Hall–Kier alpha value is -3.28. The monoisotopic (exact) mass is 530 g/mol. The van der Waals surface area contributed by atoms with Crippen LogP contribution < -0.4 is 9.62 Å². The molecule has 1 heterocycles. The first-order chi connectivity index (χ1) is 16.6. The normalized spacial score (nSPS) is 14.7. The van der Waals surface area contributed by atoms with Crippen molar-refractivity contribution in [3.8, 4) is 0 Å². The van der Waals surface area contributed by atoms with Crippen molar-refractivity contribution >= 4 is 33.3 Å². The molecule has 0 radical (unpaired) electrons. The van der Waals surface area contributed by atoms with Crippen molar-refractivity contribution in [2.75, 3.05) is 22.7 Å². The van der Waals surface area contributed by atoms with Gasteiger partial charge in [0.15, 0.2) is 0 Å². The van der Waals surface area contributed by atoms with Crippen LogP contribution in [0.1, 0.15) is 55.5 Å². The van der Waals surface area contributed by atoms with Crippen LogP contribution in [-0.4, -0.2) is 49.8 Å². The number of aliphatic carboxylic acids is 1. The lowest BCUT2D eigenvalue weighted by Gasteiger charge is -2.33. The highest BCUT2D eigenvalue weighted by Gasteiger charge is 2.38. The number of benzene rings is 2. The van der Waals surface area contributed by atoms with E-state index in [2.05, 4.69) is 16.5 Å². The Morgan fingerprint density at radius 1 is 1.03 bits per heavy atom. The molecule has 2 aromatic rings. The van der Waals surface area contributed by atoms with Crippen molar-refractivity contribution in [2.24, 2.45) is 5.92 Å². The number of carboxylic acids is 2. The van der Waals surface area contributed by atoms with Crippen LogP contribution in [0.2, 0.25) is 0 Å². The number of piperidine rings is 1. The molecule has 0 saturated carbocycles. The summed E-state index contributed by atoms with van der Waals surface area (Å²) in [7, 11) is -3.80. The first-order valence-corrected chi connectivity index (χ1v) is 12.6. The van der Waals surface area contributed by atoms with Crippen LogP contribution in [0.3, 0.4) is 0 Å². The number of sulfonamides is 1. The van der Waals surface area contributed by atoms with Gasteiger partial charge < -0.3 is 15.1 Å². The highest BCUT2D eigenvalue weighted by molar-refractivity contribution is 7.92. The molecule has 0 aliphatic carbocycles. The minimum absolute atomic E-state index is 0.106. The largest absolute Gasteiger partial charge is 0.490 e. The van der Waals surface area contributed by atoms with E-state index in [1.807, 2.05) is 13.8 Å². The molecule has 8 nitrogen and oxygen atoms in total. The zero-order chi connectivity index (χ0) is 27.3. The molecular formula is C24H29F3N2O6S. The van der Waals surface area contributed by atoms with Gasteiger partial charge in [-0.05, 0) is 60.6 Å². The predicted octanol–water partition coefficient (Wildman–Crippen LogP) is 5.18. The van der Waals surface area contributed by atoms with E-state index >= 15 is 0 Å². The van der Waals surface area contributed by atoms with Crippen LogP contribution in [0.5, 0.6) is 0 Å². The average Bonchev–Trinajstić information content (AvgIpc) is 2.79. The lowest BCUT2D eigenvalue weighted by molar-refractivity contribution is -0.192. The van der Waals surface area contributed by atoms with Crippen molar-refractivity contribution in [1.82, 2.24) is 0 Å². The van der Waals surface area contributed by atoms with Crippen LogP contribution >= 0.6 is 0 Å². The predicted molar refractivity (Wildman–Crippen MR) is 129 cm³/mol. The van der Waals surface area contributed by atoms with Gasteiger partial charge in [0.2, 0.25) is 0 Å². The first-order valence-electron chi connectivity index (χ1n) is 11.2. The Labute approximate surface area is 207 Å². The molecule has 198 valence electrons. The molecule has 3 rings (SSSR count). The Morgan fingerprint density at radius 3 is 2.00 bits per heavy atom. The third-order valence-electron chi connectivity index (χ3n) is 5.70. The van der Waals surface area contributed by atoms with Gasteiger partial charge >= 0.3 is 18.1 Å². The van der Waals surface area contributed by atoms with Crippen LogP contribution in [0.4, 0.5) is 24.5 Å². The van der Waals surface area contributed by atoms with E-state index in [9.17, 15) is 31.5 Å². The second-order valence-corrected chi connectivity index (χ2v) is 10.5. The molecule has 2 aromatic carbocycles. The van der Waals surface area contributed by atoms with Gasteiger partial charge in [-0.3, -0.25) is 4.72 Å². The first kappa shape index (κ1) is 29.0. The Morgan fingerprint density at radius 2 is 1.56 bits per heavy atom. The molecule has 0 spiro atoms. The summed E-state index contributed by atoms with van der Waals surface area (Å²) >= 11 is 0. The van der Waals surface area contributed by atoms with Gasteiger partial charge in [0.25, 0.3) is 10.0 Å². The summed E-state index contributed by atoms with van der Waals surface area (Å²) in [4.78, 5) is 22.9. The van der Waals surface area contributed by atoms with Gasteiger partial charge in [0.05, 0.1) is 16.1 Å². The van der Waals surface area contributed by atoms with Crippen LogP contribution in [0, 0.1) is 5.92 Å². The smallest absolute Gasteiger partial charge is 0.478 e. The Bertz CT molecular complexity index is 1170. The van der Waals surface area contributed by atoms with E-state index in [0.29, 0.717) is 17.5 Å². The molecule has 1 aliphatic heterocycles. The molecule has 0 atom stereocenters. The SMILES string of the molecule is CC1CCN(c2ccc(NS(=O)(=O)c3ccc(C(C)C)cc3)cc2C(=O)O)CC1.O=C(O)C(F)(F)F. The van der Waals surface area contributed by atoms with E-state index in [0.717, 1.165) is 31.5 Å². The number of nitrogens with one attached hydrogen (secondary N) is 1. The number of carbonyl (C=O) groups is 2. The Balaban J connectivity index is 0.000000572. The van der Waals surface area contributed by atoms with Crippen LogP contribution in [-0.2, 0) is 14.8 Å². The van der Waals surface area contributed by atoms with Crippen LogP contribution in [0.25, 0.3) is 0 Å². The van der Waals surface area contributed by atoms with Crippen molar-refractivity contribution in [3.05, 3.63) is 53.6 Å². The summed E-state index contributed by atoms with van der Waals surface area (Å²) in [6.45, 7) is 7.88. The third kappa shape index (κ3) is 7.87. The van der Waals surface area contributed by atoms with Gasteiger partial charge in [0, 0.05) is 18.8 Å². The van der Waals surface area contributed by atoms with E-state index in [1.165, 1.54) is 6.07 Å². The van der Waals surface area contributed by atoms with Crippen molar-refractivity contribution in [3.63, 3.8) is 0 Å². The summed E-state index contributed by atoms with van der Waals surface area (Å²) in [5, 5.41) is 16.8. The molecule has 0 amide bonds. The fourth-order valence-electron chi connectivity index (χ4n) is 3.54. The molecule has 0 unspecified atom stereocenters. The third-order valence-corrected chi connectivity index (χ3v) is 7.10. The molecule has 36 heavy (non-hydrogen) atoms. The van der Waals surface area contributed by atoms with E-state index in [4.69, 9.17) is 9.90 Å². The minimum atomic E-state index is -5.08. The molecule has 1 saturated heterocycles. The Kier molecular flexibility index (Phi) is 9.36. The van der Waals surface area contributed by atoms with Crippen LogP contribution in [0.15, 0.2) is 47.4 Å². The molecule has 1 aliphatic rings. The lowest BCUT2D eigenvalue weighted by Crippen LogP contribution is -2.33. The fraction of sp³-hybridized carbons (Fsp3) is 0.417. The second-order valence-electron chi connectivity index (χ2n) is 8.84. The number of hydrogen-bond donors (Lipinski definition) is 3. The van der Waals surface area contributed by atoms with Gasteiger partial charge in [-0.2, -0.15) is 13.2 Å². The molecule has 3 N–H and O–H groups in total. The summed E-state index contributed by atoms with van der Waals surface area (Å²) in [5.74, 6) is -2.88. The van der Waals surface area contributed by atoms with Gasteiger partial charge in [-0.25, -0.2) is 18.0 Å². The summed E-state index contributed by atoms with van der Waals surface area (Å²) in [5.41, 5.74) is 2.03. The number of rotatable bonds is 6. The van der Waals surface area contributed by atoms with Gasteiger partial charge in [-0.1, -0.05) is 32.9 Å². The maximum atomic E-state index is 12.7. The lowest BCUT2D eigenvalue weighted by atomic mass is 9.98. The highest BCUT2D eigenvalue weighted by atomic mass is 32.2. The summed E-state index contributed by atoms with van der Waals surface area (Å²) in [6, 6.07) is 11.4. The number of nitrogens with zero attached hydrogens (tertiary/aromatic N) is 1. The van der Waals surface area contributed by atoms with Crippen molar-refractivity contribution < 1.29 is 41.4 Å². The molecule has 12 heteroatoms. The zero-order valence-corrected chi connectivity index (χ0v) is 20.9. The number of hydrogen-bond acceptors (Lipinski definition) is 5. The van der Waals surface area contributed by atoms with E-state index in [1.54, 1.807) is 36.4 Å². The highest BCUT2D eigenvalue weighted by Crippen LogP contribution is 2.29. The maximum Gasteiger partial charge on any atom is 0.490 e. The quantitative estimate of drug-likeness (QED) is 0.470. The molecule has 0 aromatic heterocycles.